The Balaban J connectivity index is 2.22. The molecule has 104 valence electrons. The fourth-order valence-corrected chi connectivity index (χ4v) is 2.58. The van der Waals surface area contributed by atoms with Crippen LogP contribution < -0.4 is 21.1 Å². The van der Waals surface area contributed by atoms with Crippen LogP contribution in [0.5, 0.6) is 5.75 Å². The number of ether oxygens (including phenoxy) is 1. The van der Waals surface area contributed by atoms with Crippen molar-refractivity contribution in [1.29, 1.82) is 0 Å². The lowest BCUT2D eigenvalue weighted by Gasteiger charge is -2.24. The number of carbonyl (C=O) groups excluding carboxylic acids is 1. The molecule has 1 unspecified atom stereocenters. The summed E-state index contributed by atoms with van der Waals surface area (Å²) in [7, 11) is 3.49. The van der Waals surface area contributed by atoms with Gasteiger partial charge in [-0.05, 0) is 37.1 Å². The first-order valence-corrected chi connectivity index (χ1v) is 6.51. The lowest BCUT2D eigenvalue weighted by molar-refractivity contribution is -0.126. The van der Waals surface area contributed by atoms with E-state index in [2.05, 4.69) is 10.6 Å². The maximum absolute atomic E-state index is 12.3. The molecule has 5 nitrogen and oxygen atoms in total. The first kappa shape index (κ1) is 13.8. The zero-order valence-electron chi connectivity index (χ0n) is 11.5. The van der Waals surface area contributed by atoms with E-state index in [1.807, 2.05) is 25.2 Å². The largest absolute Gasteiger partial charge is 0.496 e. The Kier molecular flexibility index (Phi) is 4.07. The maximum atomic E-state index is 12.3. The van der Waals surface area contributed by atoms with Crippen LogP contribution in [0.3, 0.4) is 0 Å². The fourth-order valence-electron chi connectivity index (χ4n) is 2.58. The first-order chi connectivity index (χ1) is 9.13. The number of hydrogen-bond donors (Lipinski definition) is 3. The van der Waals surface area contributed by atoms with E-state index in [0.29, 0.717) is 13.0 Å². The van der Waals surface area contributed by atoms with Gasteiger partial charge in [0.1, 0.15) is 11.3 Å². The van der Waals surface area contributed by atoms with Crippen molar-refractivity contribution in [2.45, 2.75) is 18.4 Å². The molecule has 1 amide bonds. The quantitative estimate of drug-likeness (QED) is 0.660. The van der Waals surface area contributed by atoms with Gasteiger partial charge in [-0.1, -0.05) is 12.1 Å². The van der Waals surface area contributed by atoms with Gasteiger partial charge in [-0.3, -0.25) is 4.79 Å². The summed E-state index contributed by atoms with van der Waals surface area (Å²) in [5.41, 5.74) is 7.33. The zero-order valence-corrected chi connectivity index (χ0v) is 11.5. The van der Waals surface area contributed by atoms with Gasteiger partial charge in [0.15, 0.2) is 0 Å². The molecule has 0 radical (unpaired) electrons. The molecular formula is C14H21N3O2. The van der Waals surface area contributed by atoms with Crippen molar-refractivity contribution in [1.82, 2.24) is 10.6 Å². The van der Waals surface area contributed by atoms with E-state index in [1.54, 1.807) is 7.11 Å². The zero-order chi connectivity index (χ0) is 13.9. The minimum Gasteiger partial charge on any atom is -0.496 e. The summed E-state index contributed by atoms with van der Waals surface area (Å²) in [4.78, 5) is 12.3. The Labute approximate surface area is 113 Å². The average molecular weight is 263 g/mol. The number of carbonyl (C=O) groups is 1. The van der Waals surface area contributed by atoms with E-state index in [-0.39, 0.29) is 5.91 Å². The topological polar surface area (TPSA) is 76.4 Å². The van der Waals surface area contributed by atoms with Crippen LogP contribution in [0.4, 0.5) is 0 Å². The van der Waals surface area contributed by atoms with Crippen molar-refractivity contribution in [2.75, 3.05) is 27.2 Å². The molecular weight excluding hydrogens is 242 g/mol. The molecule has 1 atom stereocenters. The number of benzene rings is 1. The number of rotatable bonds is 5. The summed E-state index contributed by atoms with van der Waals surface area (Å²) < 4.78 is 5.33. The third kappa shape index (κ3) is 2.43. The van der Waals surface area contributed by atoms with Crippen molar-refractivity contribution in [3.8, 4) is 5.75 Å². The summed E-state index contributed by atoms with van der Waals surface area (Å²) in [6.45, 7) is 1.31. The van der Waals surface area contributed by atoms with Gasteiger partial charge in [0.2, 0.25) is 5.91 Å². The first-order valence-electron chi connectivity index (χ1n) is 6.51. The van der Waals surface area contributed by atoms with Crippen LogP contribution in [0.1, 0.15) is 17.5 Å². The monoisotopic (exact) mass is 263 g/mol. The Hall–Kier alpha value is -1.59. The normalized spacial score (nSPS) is 21.0. The van der Waals surface area contributed by atoms with Gasteiger partial charge in [-0.15, -0.1) is 0 Å². The molecule has 0 spiro atoms. The molecule has 19 heavy (non-hydrogen) atoms. The second-order valence-corrected chi connectivity index (χ2v) is 4.82. The van der Waals surface area contributed by atoms with E-state index in [9.17, 15) is 4.79 Å². The van der Waals surface area contributed by atoms with Crippen LogP contribution in [0.15, 0.2) is 18.2 Å². The minimum atomic E-state index is -0.933. The minimum absolute atomic E-state index is 0.116. The van der Waals surface area contributed by atoms with Crippen LogP contribution in [0.25, 0.3) is 0 Å². The lowest BCUT2D eigenvalue weighted by atomic mass is 9.92. The molecule has 1 aromatic rings. The number of nitrogens with one attached hydrogen (secondary N) is 2. The summed E-state index contributed by atoms with van der Waals surface area (Å²) in [5.74, 6) is 0.697. The van der Waals surface area contributed by atoms with Gasteiger partial charge < -0.3 is 21.1 Å². The molecule has 2 rings (SSSR count). The SMILES string of the molecule is CNCCNC(=O)C1(N)CCc2c(OC)cccc21. The van der Waals surface area contributed by atoms with Crippen LogP contribution in [0, 0.1) is 0 Å². The standard InChI is InChI=1S/C14H21N3O2/c1-16-8-9-17-13(18)14(15)7-6-10-11(14)4-3-5-12(10)19-2/h3-5,16H,6-9,15H2,1-2H3,(H,17,18). The molecule has 0 bridgehead atoms. The fraction of sp³-hybridized carbons (Fsp3) is 0.500. The van der Waals surface area contributed by atoms with Crippen molar-refractivity contribution >= 4 is 5.91 Å². The van der Waals surface area contributed by atoms with E-state index >= 15 is 0 Å². The van der Waals surface area contributed by atoms with Crippen molar-refractivity contribution in [3.05, 3.63) is 29.3 Å². The average Bonchev–Trinajstić information content (AvgIpc) is 2.78. The van der Waals surface area contributed by atoms with Crippen LogP contribution >= 0.6 is 0 Å². The highest BCUT2D eigenvalue weighted by molar-refractivity contribution is 5.89. The summed E-state index contributed by atoms with van der Waals surface area (Å²) in [5, 5.41) is 5.87. The van der Waals surface area contributed by atoms with Gasteiger partial charge in [-0.2, -0.15) is 0 Å². The van der Waals surface area contributed by atoms with Crippen LogP contribution in [-0.4, -0.2) is 33.2 Å². The predicted molar refractivity (Wildman–Crippen MR) is 74.1 cm³/mol. The lowest BCUT2D eigenvalue weighted by Crippen LogP contribution is -2.50. The number of amides is 1. The smallest absolute Gasteiger partial charge is 0.244 e. The Morgan fingerprint density at radius 1 is 1.47 bits per heavy atom. The molecule has 0 saturated carbocycles. The molecule has 1 aromatic carbocycles. The van der Waals surface area contributed by atoms with Gasteiger partial charge in [0.05, 0.1) is 7.11 Å². The third-order valence-corrected chi connectivity index (χ3v) is 3.67. The molecule has 1 aliphatic rings. The number of fused-ring (bicyclic) bond motifs is 1. The number of hydrogen-bond acceptors (Lipinski definition) is 4. The van der Waals surface area contributed by atoms with E-state index < -0.39 is 5.54 Å². The van der Waals surface area contributed by atoms with E-state index in [0.717, 1.165) is 29.8 Å². The molecule has 1 aliphatic carbocycles. The molecule has 0 fully saturated rings. The van der Waals surface area contributed by atoms with Crippen LogP contribution in [-0.2, 0) is 16.8 Å². The van der Waals surface area contributed by atoms with Crippen molar-refractivity contribution in [2.24, 2.45) is 5.73 Å². The highest BCUT2D eigenvalue weighted by Crippen LogP contribution is 2.39. The van der Waals surface area contributed by atoms with Gasteiger partial charge >= 0.3 is 0 Å². The number of nitrogens with two attached hydrogens (primary N) is 1. The molecule has 5 heteroatoms. The summed E-state index contributed by atoms with van der Waals surface area (Å²) >= 11 is 0. The van der Waals surface area contributed by atoms with E-state index in [1.165, 1.54) is 0 Å². The summed E-state index contributed by atoms with van der Waals surface area (Å²) in [6, 6.07) is 5.71. The number of methoxy groups -OCH3 is 1. The predicted octanol–water partition coefficient (Wildman–Crippen LogP) is 0.131. The van der Waals surface area contributed by atoms with Crippen molar-refractivity contribution < 1.29 is 9.53 Å². The molecule has 0 aromatic heterocycles. The Morgan fingerprint density at radius 2 is 2.26 bits per heavy atom. The van der Waals surface area contributed by atoms with Gasteiger partial charge in [-0.25, -0.2) is 0 Å². The third-order valence-electron chi connectivity index (χ3n) is 3.67. The Morgan fingerprint density at radius 3 is 2.95 bits per heavy atom. The molecule has 0 aliphatic heterocycles. The second kappa shape index (κ2) is 5.59. The Bertz CT molecular complexity index is 476. The maximum Gasteiger partial charge on any atom is 0.244 e. The molecule has 0 heterocycles. The summed E-state index contributed by atoms with van der Waals surface area (Å²) in [6.07, 6.45) is 1.39. The van der Waals surface area contributed by atoms with E-state index in [4.69, 9.17) is 10.5 Å². The highest BCUT2D eigenvalue weighted by Gasteiger charge is 2.42. The molecule has 4 N–H and O–H groups in total. The number of likely N-dealkylation sites (N-methyl/N-ethyl adjacent to an activating group) is 1. The second-order valence-electron chi connectivity index (χ2n) is 4.82. The van der Waals surface area contributed by atoms with Gasteiger partial charge in [0.25, 0.3) is 0 Å². The van der Waals surface area contributed by atoms with Gasteiger partial charge in [0, 0.05) is 13.1 Å². The molecule has 0 saturated heterocycles. The van der Waals surface area contributed by atoms with Crippen LogP contribution in [0.2, 0.25) is 0 Å². The highest BCUT2D eigenvalue weighted by atomic mass is 16.5. The van der Waals surface area contributed by atoms with Crippen molar-refractivity contribution in [3.63, 3.8) is 0 Å².